The molecular weight excluding hydrogens is 244 g/mol. The summed E-state index contributed by atoms with van der Waals surface area (Å²) in [7, 11) is 0. The van der Waals surface area contributed by atoms with E-state index in [1.165, 1.54) is 0 Å². The lowest BCUT2D eigenvalue weighted by molar-refractivity contribution is -0.139. The number of benzene rings is 1. The smallest absolute Gasteiger partial charge is 0.222 e. The molecule has 100 valence electrons. The van der Waals surface area contributed by atoms with Crippen LogP contribution in [0.4, 0.5) is 5.88 Å². The summed E-state index contributed by atoms with van der Waals surface area (Å²) in [5.74, 6) is -0.197. The van der Waals surface area contributed by atoms with Gasteiger partial charge in [0.25, 0.3) is 0 Å². The Morgan fingerprint density at radius 2 is 2.00 bits per heavy atom. The normalized spacial score (nSPS) is 21.7. The summed E-state index contributed by atoms with van der Waals surface area (Å²) in [6.07, 6.45) is -0.0218. The summed E-state index contributed by atoms with van der Waals surface area (Å²) in [5.41, 5.74) is 8.29. The van der Waals surface area contributed by atoms with E-state index in [4.69, 9.17) is 19.7 Å². The predicted molar refractivity (Wildman–Crippen MR) is 70.2 cm³/mol. The van der Waals surface area contributed by atoms with Crippen molar-refractivity contribution >= 4 is 5.88 Å². The molecule has 1 aromatic carbocycles. The van der Waals surface area contributed by atoms with Crippen LogP contribution in [0.1, 0.15) is 25.5 Å². The molecule has 0 aliphatic carbocycles. The van der Waals surface area contributed by atoms with Gasteiger partial charge in [-0.25, -0.2) is 0 Å². The summed E-state index contributed by atoms with van der Waals surface area (Å²) in [6, 6.07) is 9.67. The van der Waals surface area contributed by atoms with E-state index in [0.717, 1.165) is 16.8 Å². The minimum atomic E-state index is -0.510. The molecule has 0 radical (unpaired) electrons. The van der Waals surface area contributed by atoms with E-state index in [1.54, 1.807) is 6.07 Å². The minimum Gasteiger partial charge on any atom is -0.368 e. The van der Waals surface area contributed by atoms with Crippen LogP contribution < -0.4 is 5.73 Å². The van der Waals surface area contributed by atoms with Crippen LogP contribution in [0, 0.1) is 0 Å². The lowest BCUT2D eigenvalue weighted by atomic mass is 10.1. The number of rotatable bonds is 2. The van der Waals surface area contributed by atoms with Crippen LogP contribution in [-0.4, -0.2) is 17.6 Å². The summed E-state index contributed by atoms with van der Waals surface area (Å²) in [5, 5.41) is 3.88. The van der Waals surface area contributed by atoms with E-state index in [2.05, 4.69) is 5.16 Å². The zero-order valence-electron chi connectivity index (χ0n) is 10.9. The van der Waals surface area contributed by atoms with Crippen molar-refractivity contribution < 1.29 is 14.0 Å². The van der Waals surface area contributed by atoms with Gasteiger partial charge in [-0.15, -0.1) is 0 Å². The Labute approximate surface area is 111 Å². The Morgan fingerprint density at radius 1 is 1.26 bits per heavy atom. The molecule has 1 atom stereocenters. The zero-order chi connectivity index (χ0) is 13.5. The first kappa shape index (κ1) is 12.2. The highest BCUT2D eigenvalue weighted by atomic mass is 16.7. The molecule has 0 amide bonds. The average Bonchev–Trinajstić information content (AvgIpc) is 2.96. The Morgan fingerprint density at radius 3 is 2.53 bits per heavy atom. The van der Waals surface area contributed by atoms with Crippen LogP contribution in [0.5, 0.6) is 0 Å². The van der Waals surface area contributed by atoms with Gasteiger partial charge in [-0.05, 0) is 19.4 Å². The van der Waals surface area contributed by atoms with Gasteiger partial charge in [-0.1, -0.05) is 29.4 Å². The third kappa shape index (κ3) is 2.47. The molecule has 5 nitrogen and oxygen atoms in total. The first-order valence-corrected chi connectivity index (χ1v) is 6.18. The molecule has 1 aliphatic rings. The van der Waals surface area contributed by atoms with Gasteiger partial charge in [0.15, 0.2) is 5.79 Å². The van der Waals surface area contributed by atoms with Crippen LogP contribution >= 0.6 is 0 Å². The van der Waals surface area contributed by atoms with E-state index in [1.807, 2.05) is 38.1 Å². The first-order chi connectivity index (χ1) is 9.03. The highest BCUT2D eigenvalue weighted by molar-refractivity contribution is 5.61. The van der Waals surface area contributed by atoms with Gasteiger partial charge >= 0.3 is 0 Å². The van der Waals surface area contributed by atoms with E-state index in [-0.39, 0.29) is 6.10 Å². The van der Waals surface area contributed by atoms with Crippen molar-refractivity contribution in [3.05, 3.63) is 35.9 Å². The molecule has 2 heterocycles. The van der Waals surface area contributed by atoms with Crippen LogP contribution in [0.15, 0.2) is 34.9 Å². The molecule has 1 unspecified atom stereocenters. The van der Waals surface area contributed by atoms with Crippen molar-refractivity contribution in [2.45, 2.75) is 25.7 Å². The molecule has 2 aromatic rings. The van der Waals surface area contributed by atoms with E-state index < -0.39 is 5.79 Å². The summed E-state index contributed by atoms with van der Waals surface area (Å²) in [6.45, 7) is 4.41. The monoisotopic (exact) mass is 260 g/mol. The van der Waals surface area contributed by atoms with Gasteiger partial charge < -0.3 is 19.7 Å². The van der Waals surface area contributed by atoms with Crippen molar-refractivity contribution in [2.75, 3.05) is 12.3 Å². The highest BCUT2D eigenvalue weighted by Crippen LogP contribution is 2.33. The predicted octanol–water partition coefficient (Wildman–Crippen LogP) is 2.75. The summed E-state index contributed by atoms with van der Waals surface area (Å²) >= 11 is 0. The SMILES string of the molecule is CC1(C)OCC(c2ccc(-c3cc(N)on3)cc2)O1. The number of nitrogen functional groups attached to an aromatic ring is 1. The lowest BCUT2D eigenvalue weighted by Crippen LogP contribution is -2.19. The molecule has 0 saturated carbocycles. The maximum atomic E-state index is 5.81. The van der Waals surface area contributed by atoms with Gasteiger partial charge in [0.1, 0.15) is 11.8 Å². The quantitative estimate of drug-likeness (QED) is 0.899. The van der Waals surface area contributed by atoms with Gasteiger partial charge in [0.05, 0.1) is 6.61 Å². The van der Waals surface area contributed by atoms with E-state index >= 15 is 0 Å². The lowest BCUT2D eigenvalue weighted by Gasteiger charge is -2.17. The fourth-order valence-electron chi connectivity index (χ4n) is 2.15. The topological polar surface area (TPSA) is 70.5 Å². The van der Waals surface area contributed by atoms with E-state index in [9.17, 15) is 0 Å². The van der Waals surface area contributed by atoms with Crippen LogP contribution in [0.25, 0.3) is 11.3 Å². The van der Waals surface area contributed by atoms with Crippen molar-refractivity contribution in [3.8, 4) is 11.3 Å². The molecule has 1 saturated heterocycles. The van der Waals surface area contributed by atoms with Gasteiger partial charge in [0.2, 0.25) is 5.88 Å². The molecule has 5 heteroatoms. The third-order valence-corrected chi connectivity index (χ3v) is 3.11. The maximum Gasteiger partial charge on any atom is 0.222 e. The Hall–Kier alpha value is -1.85. The standard InChI is InChI=1S/C14H16N2O3/c1-14(2)17-8-12(18-14)10-5-3-9(4-6-10)11-7-13(15)19-16-11/h3-7,12H,8,15H2,1-2H3. The van der Waals surface area contributed by atoms with Crippen molar-refractivity contribution in [2.24, 2.45) is 0 Å². The van der Waals surface area contributed by atoms with Crippen molar-refractivity contribution in [1.29, 1.82) is 0 Å². The minimum absolute atomic E-state index is 0.0218. The van der Waals surface area contributed by atoms with Gasteiger partial charge in [0, 0.05) is 11.6 Å². The van der Waals surface area contributed by atoms with Crippen LogP contribution in [0.2, 0.25) is 0 Å². The second-order valence-electron chi connectivity index (χ2n) is 5.05. The zero-order valence-corrected chi connectivity index (χ0v) is 10.9. The number of nitrogens with two attached hydrogens (primary N) is 1. The fraction of sp³-hybridized carbons (Fsp3) is 0.357. The largest absolute Gasteiger partial charge is 0.368 e. The second kappa shape index (κ2) is 4.36. The van der Waals surface area contributed by atoms with Gasteiger partial charge in [-0.3, -0.25) is 0 Å². The second-order valence-corrected chi connectivity index (χ2v) is 5.05. The Bertz CT molecular complexity index is 575. The number of nitrogens with zero attached hydrogens (tertiary/aromatic N) is 1. The summed E-state index contributed by atoms with van der Waals surface area (Å²) < 4.78 is 16.2. The highest BCUT2D eigenvalue weighted by Gasteiger charge is 2.33. The molecule has 2 N–H and O–H groups in total. The number of hydrogen-bond donors (Lipinski definition) is 1. The summed E-state index contributed by atoms with van der Waals surface area (Å²) in [4.78, 5) is 0. The fourth-order valence-corrected chi connectivity index (χ4v) is 2.15. The molecule has 1 aliphatic heterocycles. The van der Waals surface area contributed by atoms with Crippen molar-refractivity contribution in [3.63, 3.8) is 0 Å². The van der Waals surface area contributed by atoms with Crippen LogP contribution in [-0.2, 0) is 9.47 Å². The molecular formula is C14H16N2O3. The maximum absolute atomic E-state index is 5.81. The Balaban J connectivity index is 1.80. The number of anilines is 1. The van der Waals surface area contributed by atoms with E-state index in [0.29, 0.717) is 12.5 Å². The molecule has 0 spiro atoms. The molecule has 3 rings (SSSR count). The third-order valence-electron chi connectivity index (χ3n) is 3.11. The first-order valence-electron chi connectivity index (χ1n) is 6.18. The molecule has 19 heavy (non-hydrogen) atoms. The van der Waals surface area contributed by atoms with Gasteiger partial charge in [-0.2, -0.15) is 0 Å². The number of ether oxygens (including phenoxy) is 2. The van der Waals surface area contributed by atoms with Crippen molar-refractivity contribution in [1.82, 2.24) is 5.16 Å². The molecule has 1 fully saturated rings. The molecule has 1 aromatic heterocycles. The average molecular weight is 260 g/mol. The molecule has 0 bridgehead atoms. The van der Waals surface area contributed by atoms with Crippen LogP contribution in [0.3, 0.4) is 0 Å². The number of aromatic nitrogens is 1. The Kier molecular flexibility index (Phi) is 2.80. The number of hydrogen-bond acceptors (Lipinski definition) is 5.